The number of carboxylic acids is 2. The van der Waals surface area contributed by atoms with Gasteiger partial charge in [0.25, 0.3) is 0 Å². The Morgan fingerprint density at radius 1 is 1.07 bits per heavy atom. The Kier molecular flexibility index (Phi) is 7.51. The number of carbonyl (C=O) groups is 2. The summed E-state index contributed by atoms with van der Waals surface area (Å²) >= 11 is 0. The molecule has 0 N–H and O–H groups in total. The van der Waals surface area contributed by atoms with Gasteiger partial charge in [0, 0.05) is 0 Å². The van der Waals surface area contributed by atoms with Crippen molar-refractivity contribution in [3.8, 4) is 0 Å². The molecule has 0 aromatic rings. The van der Waals surface area contributed by atoms with Crippen LogP contribution in [0.5, 0.6) is 0 Å². The Balaban J connectivity index is 0. The van der Waals surface area contributed by atoms with Crippen LogP contribution in [0, 0.1) is 10.8 Å². The molecule has 5 heteroatoms. The summed E-state index contributed by atoms with van der Waals surface area (Å²) in [7, 11) is 0. The Hall–Kier alpha value is 0.511. The van der Waals surface area contributed by atoms with Crippen molar-refractivity contribution in [2.75, 3.05) is 0 Å². The summed E-state index contributed by atoms with van der Waals surface area (Å²) in [4.78, 5) is 21.9. The second kappa shape index (κ2) is 6.30. The zero-order valence-electron chi connectivity index (χ0n) is 9.75. The van der Waals surface area contributed by atoms with E-state index < -0.39 is 22.8 Å². The molecule has 0 aliphatic heterocycles. The number of carbonyl (C=O) groups excluding carboxylic acids is 2. The van der Waals surface area contributed by atoms with E-state index in [9.17, 15) is 19.8 Å². The first kappa shape index (κ1) is 17.9. The van der Waals surface area contributed by atoms with E-state index >= 15 is 0 Å². The number of rotatable bonds is 4. The predicted molar refractivity (Wildman–Crippen MR) is 52.6 cm³/mol. The first-order chi connectivity index (χ1) is 6.20. The average molecular weight is 338 g/mol. The molecule has 0 atom stereocenters. The fraction of sp³-hybridized carbons (Fsp3) is 0.800. The molecule has 82 valence electrons. The maximum absolute atomic E-state index is 11.0. The van der Waals surface area contributed by atoms with E-state index in [1.165, 1.54) is 0 Å². The third-order valence-electron chi connectivity index (χ3n) is 2.60. The van der Waals surface area contributed by atoms with Gasteiger partial charge < -0.3 is 19.8 Å². The van der Waals surface area contributed by atoms with Gasteiger partial charge in [-0.05, 0) is 11.8 Å². The number of hydrogen-bond donors (Lipinski definition) is 0. The van der Waals surface area contributed by atoms with Crippen LogP contribution in [0.15, 0.2) is 0 Å². The maximum Gasteiger partial charge on any atom is 2.00 e. The van der Waals surface area contributed by atoms with Crippen molar-refractivity contribution in [1.82, 2.24) is 0 Å². The molecule has 0 saturated heterocycles. The Morgan fingerprint density at radius 2 is 1.40 bits per heavy atom. The molecule has 4 nitrogen and oxygen atoms in total. The van der Waals surface area contributed by atoms with Crippen molar-refractivity contribution < 1.29 is 19.8 Å². The van der Waals surface area contributed by atoms with Crippen molar-refractivity contribution >= 4 is 60.8 Å². The van der Waals surface area contributed by atoms with Gasteiger partial charge in [0.1, 0.15) is 0 Å². The fourth-order valence-electron chi connectivity index (χ4n) is 1.65. The Labute approximate surface area is 131 Å². The van der Waals surface area contributed by atoms with Crippen LogP contribution in [0.2, 0.25) is 0 Å². The second-order valence-corrected chi connectivity index (χ2v) is 4.48. The van der Waals surface area contributed by atoms with Gasteiger partial charge in [0.2, 0.25) is 0 Å². The van der Waals surface area contributed by atoms with Crippen molar-refractivity contribution in [3.05, 3.63) is 0 Å². The minimum atomic E-state index is -1.90. The van der Waals surface area contributed by atoms with Gasteiger partial charge in [-0.15, -0.1) is 0 Å². The van der Waals surface area contributed by atoms with Crippen LogP contribution in [0.3, 0.4) is 0 Å². The summed E-state index contributed by atoms with van der Waals surface area (Å²) in [6.45, 7) is 6.42. The summed E-state index contributed by atoms with van der Waals surface area (Å²) in [5, 5.41) is 21.9. The van der Waals surface area contributed by atoms with Gasteiger partial charge in [0.15, 0.2) is 0 Å². The molecule has 0 aliphatic carbocycles. The molecule has 0 heterocycles. The van der Waals surface area contributed by atoms with Gasteiger partial charge in [0.05, 0.1) is 17.4 Å². The molecule has 0 amide bonds. The smallest absolute Gasteiger partial charge is 0.549 e. The molecule has 15 heavy (non-hydrogen) atoms. The summed E-state index contributed by atoms with van der Waals surface area (Å²) < 4.78 is 0. The summed E-state index contributed by atoms with van der Waals surface area (Å²) in [5.41, 5.74) is -2.82. The molecule has 0 radical (unpaired) electrons. The van der Waals surface area contributed by atoms with Crippen LogP contribution >= 0.6 is 0 Å². The van der Waals surface area contributed by atoms with E-state index in [2.05, 4.69) is 0 Å². The second-order valence-electron chi connectivity index (χ2n) is 4.48. The Morgan fingerprint density at radius 3 is 1.47 bits per heavy atom. The maximum atomic E-state index is 11.0. The molecule has 0 aromatic heterocycles. The Bertz CT molecular complexity index is 228. The normalized spacial score (nSPS) is 11.7. The molecular weight excluding hydrogens is 321 g/mol. The SMILES string of the molecule is CCCC(C(=O)[O-])(C(=O)[O-])C(C)(C)C.[Ba+2]. The van der Waals surface area contributed by atoms with Crippen LogP contribution in [-0.4, -0.2) is 60.8 Å². The van der Waals surface area contributed by atoms with Crippen LogP contribution in [-0.2, 0) is 9.59 Å². The van der Waals surface area contributed by atoms with E-state index in [1.54, 1.807) is 27.7 Å². The zero-order valence-corrected chi connectivity index (χ0v) is 14.2. The molecule has 0 unspecified atom stereocenters. The van der Waals surface area contributed by atoms with Crippen molar-refractivity contribution in [2.24, 2.45) is 10.8 Å². The monoisotopic (exact) mass is 338 g/mol. The topological polar surface area (TPSA) is 80.3 Å². The molecule has 0 saturated carbocycles. The standard InChI is InChI=1S/C10H18O4.Ba/c1-5-6-10(7(11)12,8(13)14)9(2,3)4;/h5-6H2,1-4H3,(H,11,12)(H,13,14);/q;+2/p-2. The minimum Gasteiger partial charge on any atom is -0.549 e. The predicted octanol–water partition coefficient (Wildman–Crippen LogP) is -1.06. The van der Waals surface area contributed by atoms with E-state index in [4.69, 9.17) is 0 Å². The molecular formula is C10H16BaO4. The number of carboxylic acid groups (broad SMARTS) is 2. The molecule has 0 spiro atoms. The molecule has 0 aromatic carbocycles. The van der Waals surface area contributed by atoms with Gasteiger partial charge in [-0.3, -0.25) is 0 Å². The molecule has 0 rings (SSSR count). The first-order valence-electron chi connectivity index (χ1n) is 4.63. The van der Waals surface area contributed by atoms with Crippen LogP contribution in [0.1, 0.15) is 40.5 Å². The minimum absolute atomic E-state index is 0. The third-order valence-corrected chi connectivity index (χ3v) is 2.60. The van der Waals surface area contributed by atoms with E-state index in [0.29, 0.717) is 6.42 Å². The van der Waals surface area contributed by atoms with Crippen LogP contribution < -0.4 is 10.2 Å². The van der Waals surface area contributed by atoms with Gasteiger partial charge in [-0.2, -0.15) is 0 Å². The molecule has 0 aliphatic rings. The number of aliphatic carboxylic acids is 2. The number of hydrogen-bond acceptors (Lipinski definition) is 4. The molecule has 0 bridgehead atoms. The van der Waals surface area contributed by atoms with E-state index in [-0.39, 0.29) is 55.3 Å². The van der Waals surface area contributed by atoms with Crippen LogP contribution in [0.25, 0.3) is 0 Å². The van der Waals surface area contributed by atoms with Gasteiger partial charge >= 0.3 is 48.9 Å². The van der Waals surface area contributed by atoms with Crippen molar-refractivity contribution in [3.63, 3.8) is 0 Å². The summed E-state index contributed by atoms with van der Waals surface area (Å²) in [6, 6.07) is 0. The zero-order chi connectivity index (χ0) is 11.6. The summed E-state index contributed by atoms with van der Waals surface area (Å²) in [5.74, 6) is -3.13. The van der Waals surface area contributed by atoms with E-state index in [0.717, 1.165) is 0 Å². The van der Waals surface area contributed by atoms with Gasteiger partial charge in [-0.25, -0.2) is 0 Å². The van der Waals surface area contributed by atoms with Crippen molar-refractivity contribution in [1.29, 1.82) is 0 Å². The van der Waals surface area contributed by atoms with Crippen LogP contribution in [0.4, 0.5) is 0 Å². The largest absolute Gasteiger partial charge is 2.00 e. The quantitative estimate of drug-likeness (QED) is 0.484. The van der Waals surface area contributed by atoms with Gasteiger partial charge in [-0.1, -0.05) is 34.1 Å². The third kappa shape index (κ3) is 3.49. The summed E-state index contributed by atoms with van der Waals surface area (Å²) in [6.07, 6.45) is 0.487. The van der Waals surface area contributed by atoms with E-state index in [1.807, 2.05) is 0 Å². The van der Waals surface area contributed by atoms with Crippen molar-refractivity contribution in [2.45, 2.75) is 40.5 Å². The molecule has 0 fully saturated rings. The fourth-order valence-corrected chi connectivity index (χ4v) is 1.65. The average Bonchev–Trinajstić information content (AvgIpc) is 1.95. The first-order valence-corrected chi connectivity index (χ1v) is 4.63.